The monoisotopic (exact) mass is 122 g/mol. The summed E-state index contributed by atoms with van der Waals surface area (Å²) in [5.74, 6) is 2.57. The maximum absolute atomic E-state index is 10.6. The Labute approximate surface area is 55.8 Å². The van der Waals surface area contributed by atoms with Gasteiger partial charge in [-0.25, -0.2) is 0 Å². The zero-order valence-electron chi connectivity index (χ0n) is 5.39. The van der Waals surface area contributed by atoms with E-state index in [0.29, 0.717) is 19.3 Å². The molecular formula is C8H10O. The number of allylic oxidation sites excluding steroid dienone is 1. The Kier molecular flexibility index (Phi) is 4.53. The molecule has 1 heteroatoms. The highest BCUT2D eigenvalue weighted by atomic mass is 16.1. The Morgan fingerprint density at radius 1 is 1.78 bits per heavy atom. The molecule has 0 fully saturated rings. The van der Waals surface area contributed by atoms with Crippen molar-refractivity contribution < 1.29 is 4.79 Å². The molecule has 1 nitrogen and oxygen atoms in total. The van der Waals surface area contributed by atoms with Crippen molar-refractivity contribution >= 4 is 5.78 Å². The average Bonchev–Trinajstić information content (AvgIpc) is 1.85. The van der Waals surface area contributed by atoms with Crippen LogP contribution in [0.4, 0.5) is 0 Å². The van der Waals surface area contributed by atoms with E-state index >= 15 is 0 Å². The lowest BCUT2D eigenvalue weighted by molar-refractivity contribution is -0.118. The number of rotatable bonds is 4. The number of terminal acetylenes is 1. The van der Waals surface area contributed by atoms with Gasteiger partial charge in [0.05, 0.1) is 0 Å². The predicted octanol–water partition coefficient (Wildman–Crippen LogP) is 1.54. The van der Waals surface area contributed by atoms with E-state index in [1.54, 1.807) is 6.08 Å². The normalized spacial score (nSPS) is 7.89. The third-order valence-electron chi connectivity index (χ3n) is 0.920. The molecule has 0 saturated carbocycles. The third kappa shape index (κ3) is 4.83. The summed E-state index contributed by atoms with van der Waals surface area (Å²) in [6.07, 6.45) is 8.02. The minimum atomic E-state index is 0.169. The van der Waals surface area contributed by atoms with Crippen LogP contribution in [-0.4, -0.2) is 5.78 Å². The van der Waals surface area contributed by atoms with Gasteiger partial charge in [-0.1, -0.05) is 6.08 Å². The molecule has 0 aliphatic heterocycles. The van der Waals surface area contributed by atoms with Gasteiger partial charge >= 0.3 is 0 Å². The standard InChI is InChI=1S/C8H10O/c1-3-5-7-8(9)6-4-2/h1,4H,2,5-7H2. The predicted molar refractivity (Wildman–Crippen MR) is 37.9 cm³/mol. The molecule has 0 bridgehead atoms. The van der Waals surface area contributed by atoms with E-state index in [0.717, 1.165) is 0 Å². The van der Waals surface area contributed by atoms with E-state index in [-0.39, 0.29) is 5.78 Å². The molecule has 0 radical (unpaired) electrons. The summed E-state index contributed by atoms with van der Waals surface area (Å²) in [7, 11) is 0. The van der Waals surface area contributed by atoms with E-state index in [4.69, 9.17) is 6.42 Å². The van der Waals surface area contributed by atoms with Gasteiger partial charge in [-0.3, -0.25) is 4.79 Å². The summed E-state index contributed by atoms with van der Waals surface area (Å²) in [4.78, 5) is 10.6. The lowest BCUT2D eigenvalue weighted by atomic mass is 10.2. The first-order chi connectivity index (χ1) is 4.31. The second kappa shape index (κ2) is 5.11. The van der Waals surface area contributed by atoms with Crippen LogP contribution in [0.25, 0.3) is 0 Å². The van der Waals surface area contributed by atoms with Gasteiger partial charge in [0.2, 0.25) is 0 Å². The van der Waals surface area contributed by atoms with Crippen LogP contribution in [0.1, 0.15) is 19.3 Å². The van der Waals surface area contributed by atoms with Gasteiger partial charge in [0.1, 0.15) is 5.78 Å². The molecule has 0 spiro atoms. The topological polar surface area (TPSA) is 17.1 Å². The summed E-state index contributed by atoms with van der Waals surface area (Å²) in [6, 6.07) is 0. The molecule has 0 N–H and O–H groups in total. The van der Waals surface area contributed by atoms with Gasteiger partial charge < -0.3 is 0 Å². The Balaban J connectivity index is 3.29. The van der Waals surface area contributed by atoms with Crippen molar-refractivity contribution in [2.75, 3.05) is 0 Å². The third-order valence-corrected chi connectivity index (χ3v) is 0.920. The summed E-state index contributed by atoms with van der Waals surface area (Å²) >= 11 is 0. The molecule has 0 atom stereocenters. The Hall–Kier alpha value is -1.03. The first-order valence-corrected chi connectivity index (χ1v) is 2.87. The molecule has 0 heterocycles. The van der Waals surface area contributed by atoms with Gasteiger partial charge in [0, 0.05) is 19.3 Å². The molecule has 0 saturated heterocycles. The van der Waals surface area contributed by atoms with Gasteiger partial charge in [-0.05, 0) is 0 Å². The smallest absolute Gasteiger partial charge is 0.137 e. The average molecular weight is 122 g/mol. The summed E-state index contributed by atoms with van der Waals surface area (Å²) in [5.41, 5.74) is 0. The van der Waals surface area contributed by atoms with Crippen molar-refractivity contribution in [1.29, 1.82) is 0 Å². The highest BCUT2D eigenvalue weighted by Gasteiger charge is 1.94. The van der Waals surface area contributed by atoms with Crippen LogP contribution >= 0.6 is 0 Å². The van der Waals surface area contributed by atoms with Crippen LogP contribution in [0.5, 0.6) is 0 Å². The number of hydrogen-bond acceptors (Lipinski definition) is 1. The van der Waals surface area contributed by atoms with Crippen LogP contribution in [0.3, 0.4) is 0 Å². The lowest BCUT2D eigenvalue weighted by Crippen LogP contribution is -1.93. The highest BCUT2D eigenvalue weighted by molar-refractivity contribution is 5.79. The van der Waals surface area contributed by atoms with Crippen LogP contribution in [0.15, 0.2) is 12.7 Å². The molecule has 0 aromatic carbocycles. The van der Waals surface area contributed by atoms with Crippen molar-refractivity contribution in [2.45, 2.75) is 19.3 Å². The second-order valence-corrected chi connectivity index (χ2v) is 1.74. The van der Waals surface area contributed by atoms with Gasteiger partial charge in [0.25, 0.3) is 0 Å². The van der Waals surface area contributed by atoms with E-state index < -0.39 is 0 Å². The zero-order chi connectivity index (χ0) is 7.11. The molecule has 0 aromatic heterocycles. The van der Waals surface area contributed by atoms with E-state index in [1.165, 1.54) is 0 Å². The molecule has 0 aromatic rings. The lowest BCUT2D eigenvalue weighted by Gasteiger charge is -1.88. The van der Waals surface area contributed by atoms with Crippen molar-refractivity contribution in [1.82, 2.24) is 0 Å². The summed E-state index contributed by atoms with van der Waals surface area (Å²) in [5, 5.41) is 0. The molecule has 0 aliphatic rings. The fourth-order valence-electron chi connectivity index (χ4n) is 0.475. The Bertz CT molecular complexity index is 139. The maximum Gasteiger partial charge on any atom is 0.137 e. The maximum atomic E-state index is 10.6. The number of carbonyl (C=O) groups excluding carboxylic acids is 1. The molecule has 0 unspecified atom stereocenters. The first kappa shape index (κ1) is 7.97. The van der Waals surface area contributed by atoms with E-state index in [9.17, 15) is 4.79 Å². The van der Waals surface area contributed by atoms with Crippen LogP contribution in [0.2, 0.25) is 0 Å². The number of carbonyl (C=O) groups is 1. The second-order valence-electron chi connectivity index (χ2n) is 1.74. The zero-order valence-corrected chi connectivity index (χ0v) is 5.39. The van der Waals surface area contributed by atoms with Crippen LogP contribution in [-0.2, 0) is 4.79 Å². The van der Waals surface area contributed by atoms with Crippen molar-refractivity contribution in [3.05, 3.63) is 12.7 Å². The Morgan fingerprint density at radius 3 is 2.89 bits per heavy atom. The van der Waals surface area contributed by atoms with E-state index in [1.807, 2.05) is 0 Å². The minimum absolute atomic E-state index is 0.169. The molecule has 0 amide bonds. The van der Waals surface area contributed by atoms with Crippen LogP contribution < -0.4 is 0 Å². The largest absolute Gasteiger partial charge is 0.299 e. The van der Waals surface area contributed by atoms with E-state index in [2.05, 4.69) is 12.5 Å². The van der Waals surface area contributed by atoms with Crippen LogP contribution in [0, 0.1) is 12.3 Å². The van der Waals surface area contributed by atoms with Crippen molar-refractivity contribution in [3.8, 4) is 12.3 Å². The summed E-state index contributed by atoms with van der Waals surface area (Å²) < 4.78 is 0. The van der Waals surface area contributed by atoms with Crippen molar-refractivity contribution in [2.24, 2.45) is 0 Å². The Morgan fingerprint density at radius 2 is 2.44 bits per heavy atom. The van der Waals surface area contributed by atoms with Crippen molar-refractivity contribution in [3.63, 3.8) is 0 Å². The quantitative estimate of drug-likeness (QED) is 0.408. The van der Waals surface area contributed by atoms with Gasteiger partial charge in [-0.15, -0.1) is 18.9 Å². The number of ketones is 1. The SMILES string of the molecule is C#CCCC(=O)CC=C. The number of Topliss-reactive ketones (excluding diaryl/α,β-unsaturated/α-hetero) is 1. The van der Waals surface area contributed by atoms with Gasteiger partial charge in [-0.2, -0.15) is 0 Å². The first-order valence-electron chi connectivity index (χ1n) is 2.87. The summed E-state index contributed by atoms with van der Waals surface area (Å²) in [6.45, 7) is 3.44. The highest BCUT2D eigenvalue weighted by Crippen LogP contribution is 1.93. The molecular weight excluding hydrogens is 112 g/mol. The fraction of sp³-hybridized carbons (Fsp3) is 0.375. The van der Waals surface area contributed by atoms with Gasteiger partial charge in [0.15, 0.2) is 0 Å². The molecule has 9 heavy (non-hydrogen) atoms. The molecule has 0 aliphatic carbocycles. The number of hydrogen-bond donors (Lipinski definition) is 0. The molecule has 0 rings (SSSR count). The minimum Gasteiger partial charge on any atom is -0.299 e. The molecule has 48 valence electrons. The fourth-order valence-corrected chi connectivity index (χ4v) is 0.475.